The van der Waals surface area contributed by atoms with Gasteiger partial charge < -0.3 is 5.32 Å². The Balaban J connectivity index is 0.00000180. The molecule has 2 nitrogen and oxygen atoms in total. The molecule has 0 aliphatic carbocycles. The van der Waals surface area contributed by atoms with E-state index in [-0.39, 0.29) is 25.1 Å². The zero-order valence-corrected chi connectivity index (χ0v) is 12.9. The molecule has 1 atom stereocenters. The molecule has 1 saturated heterocycles. The van der Waals surface area contributed by atoms with Gasteiger partial charge in [0, 0.05) is 32.2 Å². The van der Waals surface area contributed by atoms with E-state index in [9.17, 15) is 4.39 Å². The van der Waals surface area contributed by atoms with Gasteiger partial charge in [0.25, 0.3) is 0 Å². The number of hydrogen-bond donors (Lipinski definition) is 1. The van der Waals surface area contributed by atoms with Crippen LogP contribution in [0.15, 0.2) is 18.2 Å². The van der Waals surface area contributed by atoms with Gasteiger partial charge in [-0.25, -0.2) is 0 Å². The van der Waals surface area contributed by atoms with E-state index < -0.39 is 0 Å². The highest BCUT2D eigenvalue weighted by atomic mass is 35.5. The van der Waals surface area contributed by atoms with Crippen LogP contribution >= 0.6 is 35.6 Å². The van der Waals surface area contributed by atoms with Gasteiger partial charge in [0.15, 0.2) is 0 Å². The number of alkyl halides is 1. The number of rotatable bonds is 4. The normalized spacial score (nSPS) is 17.8. The average molecular weight is 328 g/mol. The Morgan fingerprint density at radius 3 is 2.47 bits per heavy atom. The van der Waals surface area contributed by atoms with Crippen LogP contribution < -0.4 is 5.32 Å². The van der Waals surface area contributed by atoms with Gasteiger partial charge in [-0.3, -0.25) is 9.29 Å². The maximum atomic E-state index is 12.8. The second-order valence-electron chi connectivity index (χ2n) is 4.45. The van der Waals surface area contributed by atoms with Gasteiger partial charge in [0.2, 0.25) is 0 Å². The molecule has 1 N–H and O–H groups in total. The third-order valence-corrected chi connectivity index (χ3v) is 4.04. The summed E-state index contributed by atoms with van der Waals surface area (Å²) in [5, 5.41) is 4.38. The van der Waals surface area contributed by atoms with Gasteiger partial charge >= 0.3 is 0 Å². The minimum absolute atomic E-state index is 0. The molecule has 0 saturated carbocycles. The molecule has 1 aliphatic heterocycles. The average Bonchev–Trinajstić information content (AvgIpc) is 2.40. The SMILES string of the molecule is Cl.FCC[C@H](c1ccc(Cl)c(Cl)c1)N1CCNCC1. The highest BCUT2D eigenvalue weighted by molar-refractivity contribution is 6.42. The van der Waals surface area contributed by atoms with Crippen LogP contribution in [0.1, 0.15) is 18.0 Å². The smallest absolute Gasteiger partial charge is 0.0912 e. The van der Waals surface area contributed by atoms with Crippen LogP contribution in [-0.4, -0.2) is 37.8 Å². The third-order valence-electron chi connectivity index (χ3n) is 3.30. The van der Waals surface area contributed by atoms with Crippen molar-refractivity contribution in [2.24, 2.45) is 0 Å². The summed E-state index contributed by atoms with van der Waals surface area (Å²) in [6, 6.07) is 5.67. The predicted molar refractivity (Wildman–Crippen MR) is 81.5 cm³/mol. The molecule has 2 rings (SSSR count). The van der Waals surface area contributed by atoms with Crippen LogP contribution in [0.4, 0.5) is 4.39 Å². The molecular weight excluding hydrogens is 310 g/mol. The molecule has 0 amide bonds. The Hall–Kier alpha value is -0.0600. The van der Waals surface area contributed by atoms with E-state index in [4.69, 9.17) is 23.2 Å². The second-order valence-corrected chi connectivity index (χ2v) is 5.27. The molecule has 0 spiro atoms. The highest BCUT2D eigenvalue weighted by Crippen LogP contribution is 2.30. The summed E-state index contributed by atoms with van der Waals surface area (Å²) < 4.78 is 12.8. The van der Waals surface area contributed by atoms with Crippen molar-refractivity contribution < 1.29 is 4.39 Å². The van der Waals surface area contributed by atoms with Gasteiger partial charge in [-0.05, 0) is 24.1 Å². The number of hydrogen-bond acceptors (Lipinski definition) is 2. The Morgan fingerprint density at radius 2 is 1.89 bits per heavy atom. The van der Waals surface area contributed by atoms with E-state index in [1.807, 2.05) is 12.1 Å². The fraction of sp³-hybridized carbons (Fsp3) is 0.538. The number of benzene rings is 1. The van der Waals surface area contributed by atoms with Crippen molar-refractivity contribution in [3.05, 3.63) is 33.8 Å². The Labute approximate surface area is 129 Å². The summed E-state index contributed by atoms with van der Waals surface area (Å²) in [7, 11) is 0. The number of piperazine rings is 1. The van der Waals surface area contributed by atoms with Crippen molar-refractivity contribution in [2.45, 2.75) is 12.5 Å². The maximum absolute atomic E-state index is 12.8. The first kappa shape index (κ1) is 17.0. The fourth-order valence-corrected chi connectivity index (χ4v) is 2.68. The van der Waals surface area contributed by atoms with Crippen LogP contribution in [0.5, 0.6) is 0 Å². The molecule has 19 heavy (non-hydrogen) atoms. The van der Waals surface area contributed by atoms with Crippen LogP contribution in [0.3, 0.4) is 0 Å². The van der Waals surface area contributed by atoms with Gasteiger partial charge in [-0.2, -0.15) is 0 Å². The lowest BCUT2D eigenvalue weighted by molar-refractivity contribution is 0.157. The van der Waals surface area contributed by atoms with E-state index in [2.05, 4.69) is 10.2 Å². The van der Waals surface area contributed by atoms with E-state index in [1.54, 1.807) is 6.07 Å². The topological polar surface area (TPSA) is 15.3 Å². The summed E-state index contributed by atoms with van der Waals surface area (Å²) >= 11 is 12.0. The third kappa shape index (κ3) is 4.47. The quantitative estimate of drug-likeness (QED) is 0.906. The Kier molecular flexibility index (Phi) is 7.40. The Bertz CT molecular complexity index is 397. The van der Waals surface area contributed by atoms with Crippen LogP contribution in [-0.2, 0) is 0 Å². The zero-order valence-electron chi connectivity index (χ0n) is 10.5. The standard InChI is InChI=1S/C13H17Cl2FN2.ClH/c14-11-2-1-10(9-12(11)15)13(3-4-16)18-7-5-17-6-8-18;/h1-2,9,13,17H,3-8H2;1H/t13-;/m1./s1. The molecule has 1 aliphatic rings. The molecule has 108 valence electrons. The monoisotopic (exact) mass is 326 g/mol. The summed E-state index contributed by atoms with van der Waals surface area (Å²) in [5.74, 6) is 0. The minimum atomic E-state index is -0.325. The summed E-state index contributed by atoms with van der Waals surface area (Å²) in [6.07, 6.45) is 0.498. The first-order valence-corrected chi connectivity index (χ1v) is 6.93. The molecule has 0 bridgehead atoms. The van der Waals surface area contributed by atoms with E-state index >= 15 is 0 Å². The first-order chi connectivity index (χ1) is 8.72. The van der Waals surface area contributed by atoms with Crippen LogP contribution in [0, 0.1) is 0 Å². The van der Waals surface area contributed by atoms with Crippen molar-refractivity contribution in [2.75, 3.05) is 32.9 Å². The lowest BCUT2D eigenvalue weighted by Gasteiger charge is -2.35. The van der Waals surface area contributed by atoms with Gasteiger partial charge in [-0.15, -0.1) is 12.4 Å². The van der Waals surface area contributed by atoms with Crippen molar-refractivity contribution >= 4 is 35.6 Å². The van der Waals surface area contributed by atoms with Gasteiger partial charge in [-0.1, -0.05) is 29.3 Å². The molecule has 6 heteroatoms. The molecule has 1 fully saturated rings. The van der Waals surface area contributed by atoms with Crippen LogP contribution in [0.2, 0.25) is 10.0 Å². The molecule has 1 aromatic rings. The van der Waals surface area contributed by atoms with Crippen molar-refractivity contribution in [3.63, 3.8) is 0 Å². The summed E-state index contributed by atoms with van der Waals surface area (Å²) in [5.41, 5.74) is 1.05. The van der Waals surface area contributed by atoms with E-state index in [1.165, 1.54) is 0 Å². The van der Waals surface area contributed by atoms with Gasteiger partial charge in [0.1, 0.15) is 0 Å². The first-order valence-electron chi connectivity index (χ1n) is 6.18. The second kappa shape index (κ2) is 8.28. The number of nitrogens with one attached hydrogen (secondary N) is 1. The summed E-state index contributed by atoms with van der Waals surface area (Å²) in [6.45, 7) is 3.44. The fourth-order valence-electron chi connectivity index (χ4n) is 2.38. The molecule has 0 unspecified atom stereocenters. The summed E-state index contributed by atoms with van der Waals surface area (Å²) in [4.78, 5) is 2.30. The van der Waals surface area contributed by atoms with Crippen molar-refractivity contribution in [1.29, 1.82) is 0 Å². The molecule has 1 aromatic carbocycles. The number of halogens is 4. The largest absolute Gasteiger partial charge is 0.314 e. The number of nitrogens with zero attached hydrogens (tertiary/aromatic N) is 1. The van der Waals surface area contributed by atoms with Gasteiger partial charge in [0.05, 0.1) is 16.7 Å². The lowest BCUT2D eigenvalue weighted by Crippen LogP contribution is -2.45. The zero-order chi connectivity index (χ0) is 13.0. The van der Waals surface area contributed by atoms with Crippen molar-refractivity contribution in [1.82, 2.24) is 10.2 Å². The molecule has 0 aromatic heterocycles. The Morgan fingerprint density at radius 1 is 1.21 bits per heavy atom. The lowest BCUT2D eigenvalue weighted by atomic mass is 10.0. The highest BCUT2D eigenvalue weighted by Gasteiger charge is 2.22. The molecule has 1 heterocycles. The molecular formula is C13H18Cl3FN2. The van der Waals surface area contributed by atoms with E-state index in [0.717, 1.165) is 31.7 Å². The van der Waals surface area contributed by atoms with Crippen LogP contribution in [0.25, 0.3) is 0 Å². The molecule has 0 radical (unpaired) electrons. The van der Waals surface area contributed by atoms with Crippen molar-refractivity contribution in [3.8, 4) is 0 Å². The maximum Gasteiger partial charge on any atom is 0.0912 e. The predicted octanol–water partition coefficient (Wildman–Crippen LogP) is 3.72. The minimum Gasteiger partial charge on any atom is -0.314 e. The van der Waals surface area contributed by atoms with E-state index in [0.29, 0.717) is 16.5 Å².